The van der Waals surface area contributed by atoms with Gasteiger partial charge >= 0.3 is 0 Å². The van der Waals surface area contributed by atoms with Crippen LogP contribution in [0.5, 0.6) is 0 Å². The number of benzene rings is 1. The summed E-state index contributed by atoms with van der Waals surface area (Å²) in [5.74, 6) is 1.71. The Kier molecular flexibility index (Phi) is 7.18. The number of guanidine groups is 1. The lowest BCUT2D eigenvalue weighted by Gasteiger charge is -2.36. The molecule has 1 aliphatic rings. The molecule has 1 aromatic heterocycles. The van der Waals surface area contributed by atoms with Gasteiger partial charge < -0.3 is 20.4 Å². The summed E-state index contributed by atoms with van der Waals surface area (Å²) in [7, 11) is 1.79. The van der Waals surface area contributed by atoms with Crippen LogP contribution in [0.25, 0.3) is 0 Å². The average Bonchev–Trinajstić information content (AvgIpc) is 3.24. The van der Waals surface area contributed by atoms with Gasteiger partial charge in [-0.2, -0.15) is 4.37 Å². The van der Waals surface area contributed by atoms with E-state index in [0.717, 1.165) is 49.5 Å². The molecule has 3 rings (SSSR count). The van der Waals surface area contributed by atoms with Crippen molar-refractivity contribution in [2.45, 2.75) is 13.3 Å². The van der Waals surface area contributed by atoms with Crippen LogP contribution in [0.4, 0.5) is 5.13 Å². The Hall–Kier alpha value is -2.68. The molecule has 0 unspecified atom stereocenters. The van der Waals surface area contributed by atoms with Gasteiger partial charge in [0, 0.05) is 69.8 Å². The van der Waals surface area contributed by atoms with Crippen LogP contribution in [-0.4, -0.2) is 72.4 Å². The number of aliphatic imine (C=N–C) groups is 1. The molecule has 150 valence electrons. The minimum absolute atomic E-state index is 0.0606. The van der Waals surface area contributed by atoms with Crippen LogP contribution in [0.3, 0.4) is 0 Å². The van der Waals surface area contributed by atoms with Crippen LogP contribution in [0.2, 0.25) is 0 Å². The van der Waals surface area contributed by atoms with E-state index in [-0.39, 0.29) is 5.91 Å². The van der Waals surface area contributed by atoms with Crippen LogP contribution >= 0.6 is 11.5 Å². The number of aromatic nitrogens is 2. The smallest absolute Gasteiger partial charge is 0.251 e. The van der Waals surface area contributed by atoms with Gasteiger partial charge in [0.25, 0.3) is 5.91 Å². The van der Waals surface area contributed by atoms with Gasteiger partial charge in [-0.1, -0.05) is 25.1 Å². The van der Waals surface area contributed by atoms with Crippen LogP contribution in [0.15, 0.2) is 35.3 Å². The highest BCUT2D eigenvalue weighted by Crippen LogP contribution is 2.19. The summed E-state index contributed by atoms with van der Waals surface area (Å²) in [5, 5.41) is 7.25. The first-order chi connectivity index (χ1) is 13.7. The third-order valence-corrected chi connectivity index (χ3v) is 5.38. The van der Waals surface area contributed by atoms with Crippen molar-refractivity contribution in [3.05, 3.63) is 41.7 Å². The normalized spacial score (nSPS) is 14.9. The number of nitrogens with zero attached hydrogens (tertiary/aromatic N) is 5. The van der Waals surface area contributed by atoms with E-state index in [9.17, 15) is 4.79 Å². The highest BCUT2D eigenvalue weighted by molar-refractivity contribution is 7.09. The maximum absolute atomic E-state index is 12.1. The number of hydrogen-bond donors (Lipinski definition) is 2. The van der Waals surface area contributed by atoms with Crippen molar-refractivity contribution in [1.82, 2.24) is 24.9 Å². The molecule has 0 atom stereocenters. The molecule has 2 N–H and O–H groups in total. The number of nitrogens with one attached hydrogen (secondary N) is 2. The highest BCUT2D eigenvalue weighted by atomic mass is 32.1. The van der Waals surface area contributed by atoms with Crippen LogP contribution in [-0.2, 0) is 6.42 Å². The molecule has 1 aromatic carbocycles. The second-order valence-electron chi connectivity index (χ2n) is 6.42. The Balaban J connectivity index is 1.40. The maximum atomic E-state index is 12.1. The summed E-state index contributed by atoms with van der Waals surface area (Å²) in [6, 6.07) is 9.24. The molecule has 8 nitrogen and oxygen atoms in total. The molecule has 28 heavy (non-hydrogen) atoms. The van der Waals surface area contributed by atoms with E-state index >= 15 is 0 Å². The summed E-state index contributed by atoms with van der Waals surface area (Å²) in [5.41, 5.74) is 0.672. The van der Waals surface area contributed by atoms with Crippen molar-refractivity contribution < 1.29 is 4.79 Å². The fraction of sp³-hybridized carbons (Fsp3) is 0.474. The van der Waals surface area contributed by atoms with E-state index in [2.05, 4.69) is 41.7 Å². The molecular weight excluding hydrogens is 374 g/mol. The second kappa shape index (κ2) is 10.0. The lowest BCUT2D eigenvalue weighted by Crippen LogP contribution is -2.53. The summed E-state index contributed by atoms with van der Waals surface area (Å²) in [6.45, 7) is 6.77. The van der Waals surface area contributed by atoms with Gasteiger partial charge in [0.1, 0.15) is 5.82 Å². The minimum atomic E-state index is -0.0606. The number of carbonyl (C=O) groups is 1. The second-order valence-corrected chi connectivity index (χ2v) is 7.15. The number of aryl methyl sites for hydroxylation is 1. The van der Waals surface area contributed by atoms with E-state index < -0.39 is 0 Å². The standard InChI is InChI=1S/C19H27N7OS/c1-3-16-23-19(28-24-16)26-13-11-25(12-14-26)18(20-2)22-10-9-21-17(27)15-7-5-4-6-8-15/h4-8H,3,9-14H2,1-2H3,(H,20,22)(H,21,27). The quantitative estimate of drug-likeness (QED) is 0.430. The van der Waals surface area contributed by atoms with E-state index in [1.807, 2.05) is 30.3 Å². The molecule has 2 aromatic rings. The predicted molar refractivity (Wildman–Crippen MR) is 113 cm³/mol. The number of amides is 1. The molecule has 0 aliphatic carbocycles. The third kappa shape index (κ3) is 5.19. The number of rotatable bonds is 6. The van der Waals surface area contributed by atoms with Gasteiger partial charge in [-0.15, -0.1) is 0 Å². The number of piperazine rings is 1. The third-order valence-electron chi connectivity index (χ3n) is 4.56. The number of carbonyl (C=O) groups excluding carboxylic acids is 1. The summed E-state index contributed by atoms with van der Waals surface area (Å²) < 4.78 is 4.37. The Morgan fingerprint density at radius 1 is 1.14 bits per heavy atom. The fourth-order valence-electron chi connectivity index (χ4n) is 3.00. The Bertz CT molecular complexity index is 785. The van der Waals surface area contributed by atoms with Gasteiger partial charge in [0.05, 0.1) is 0 Å². The largest absolute Gasteiger partial charge is 0.354 e. The van der Waals surface area contributed by atoms with Crippen molar-refractivity contribution in [3.8, 4) is 0 Å². The zero-order valence-corrected chi connectivity index (χ0v) is 17.2. The van der Waals surface area contributed by atoms with Crippen LogP contribution < -0.4 is 15.5 Å². The first-order valence-corrected chi connectivity index (χ1v) is 10.3. The zero-order chi connectivity index (χ0) is 19.8. The SMILES string of the molecule is CCc1nsc(N2CCN(C(=NC)NCCNC(=O)c3ccccc3)CC2)n1. The Morgan fingerprint density at radius 3 is 2.50 bits per heavy atom. The summed E-state index contributed by atoms with van der Waals surface area (Å²) in [4.78, 5) is 25.5. The van der Waals surface area contributed by atoms with E-state index in [1.54, 1.807) is 7.05 Å². The van der Waals surface area contributed by atoms with E-state index in [0.29, 0.717) is 18.7 Å². The fourth-order valence-corrected chi connectivity index (χ4v) is 3.80. The lowest BCUT2D eigenvalue weighted by molar-refractivity contribution is 0.0954. The lowest BCUT2D eigenvalue weighted by atomic mass is 10.2. The van der Waals surface area contributed by atoms with E-state index in [4.69, 9.17) is 0 Å². The number of hydrogen-bond acceptors (Lipinski definition) is 6. The van der Waals surface area contributed by atoms with Gasteiger partial charge in [0.2, 0.25) is 5.13 Å². The van der Waals surface area contributed by atoms with Crippen molar-refractivity contribution in [3.63, 3.8) is 0 Å². The van der Waals surface area contributed by atoms with Crippen molar-refractivity contribution >= 4 is 28.5 Å². The van der Waals surface area contributed by atoms with Crippen molar-refractivity contribution in [2.75, 3.05) is 51.2 Å². The van der Waals surface area contributed by atoms with Gasteiger partial charge in [-0.05, 0) is 12.1 Å². The molecule has 1 aliphatic heterocycles. The maximum Gasteiger partial charge on any atom is 0.251 e. The van der Waals surface area contributed by atoms with Crippen molar-refractivity contribution in [2.24, 2.45) is 4.99 Å². The van der Waals surface area contributed by atoms with Gasteiger partial charge in [-0.25, -0.2) is 4.98 Å². The van der Waals surface area contributed by atoms with Crippen molar-refractivity contribution in [1.29, 1.82) is 0 Å². The minimum Gasteiger partial charge on any atom is -0.354 e. The predicted octanol–water partition coefficient (Wildman–Crippen LogP) is 1.23. The first kappa shape index (κ1) is 20.1. The zero-order valence-electron chi connectivity index (χ0n) is 16.4. The number of anilines is 1. The summed E-state index contributed by atoms with van der Waals surface area (Å²) in [6.07, 6.45) is 0.869. The molecule has 9 heteroatoms. The van der Waals surface area contributed by atoms with E-state index in [1.165, 1.54) is 11.5 Å². The molecule has 2 heterocycles. The molecule has 1 fully saturated rings. The Morgan fingerprint density at radius 2 is 1.86 bits per heavy atom. The topological polar surface area (TPSA) is 85.8 Å². The first-order valence-electron chi connectivity index (χ1n) is 9.57. The van der Waals surface area contributed by atoms with Crippen LogP contribution in [0, 0.1) is 0 Å². The summed E-state index contributed by atoms with van der Waals surface area (Å²) >= 11 is 1.47. The molecule has 1 saturated heterocycles. The highest BCUT2D eigenvalue weighted by Gasteiger charge is 2.21. The molecule has 0 spiro atoms. The molecule has 0 radical (unpaired) electrons. The molecule has 1 amide bonds. The Labute approximate surface area is 169 Å². The molecule has 0 bridgehead atoms. The monoisotopic (exact) mass is 401 g/mol. The van der Waals surface area contributed by atoms with Gasteiger partial charge in [0.15, 0.2) is 5.96 Å². The van der Waals surface area contributed by atoms with Crippen LogP contribution in [0.1, 0.15) is 23.1 Å². The van der Waals surface area contributed by atoms with Gasteiger partial charge in [-0.3, -0.25) is 9.79 Å². The molecule has 0 saturated carbocycles. The average molecular weight is 402 g/mol. The molecular formula is C19H27N7OS.